The van der Waals surface area contributed by atoms with E-state index in [1.165, 1.54) is 6.92 Å². The Balaban J connectivity index is 1.78. The zero-order chi connectivity index (χ0) is 16.8. The Hall–Kier alpha value is -0.170. The molecule has 1 saturated carbocycles. The number of carbonyl (C=O) groups is 1. The van der Waals surface area contributed by atoms with Gasteiger partial charge < -0.3 is 18.9 Å². The van der Waals surface area contributed by atoms with Gasteiger partial charge in [0.1, 0.15) is 17.3 Å². The zero-order valence-corrected chi connectivity index (χ0v) is 15.9. The van der Waals surface area contributed by atoms with Crippen molar-refractivity contribution in [2.45, 2.75) is 93.5 Å². The number of hydrogen-bond donors (Lipinski definition) is 0. The van der Waals surface area contributed by atoms with Gasteiger partial charge in [-0.1, -0.05) is 15.9 Å². The van der Waals surface area contributed by atoms with Crippen molar-refractivity contribution in [2.24, 2.45) is 5.92 Å². The van der Waals surface area contributed by atoms with Gasteiger partial charge in [-0.25, -0.2) is 0 Å². The molecule has 3 aliphatic heterocycles. The van der Waals surface area contributed by atoms with E-state index in [-0.39, 0.29) is 34.5 Å². The van der Waals surface area contributed by atoms with Gasteiger partial charge in [-0.2, -0.15) is 0 Å². The number of alkyl halides is 1. The minimum absolute atomic E-state index is 0.0526. The third-order valence-corrected chi connectivity index (χ3v) is 7.94. The molecule has 0 amide bonds. The summed E-state index contributed by atoms with van der Waals surface area (Å²) in [6, 6.07) is 0. The Morgan fingerprint density at radius 3 is 2.52 bits per heavy atom. The SMILES string of the molecule is CC(=O)OC1CC2C[C@@H]3O[C@]4(CC(Br)C(C)(C)OC24C)O[C@]13C. The molecule has 0 aromatic carbocycles. The van der Waals surface area contributed by atoms with E-state index in [2.05, 4.69) is 36.7 Å². The molecule has 7 atom stereocenters. The molecule has 0 aromatic heterocycles. The Morgan fingerprint density at radius 2 is 1.87 bits per heavy atom. The van der Waals surface area contributed by atoms with Gasteiger partial charge in [-0.05, 0) is 46.5 Å². The summed E-state index contributed by atoms with van der Waals surface area (Å²) in [5, 5.41) is 0. The van der Waals surface area contributed by atoms with Gasteiger partial charge in [0.2, 0.25) is 0 Å². The van der Waals surface area contributed by atoms with Gasteiger partial charge in [0.05, 0.1) is 11.7 Å². The monoisotopic (exact) mass is 388 g/mol. The van der Waals surface area contributed by atoms with Crippen LogP contribution in [0.1, 0.15) is 53.9 Å². The Morgan fingerprint density at radius 1 is 1.17 bits per heavy atom. The van der Waals surface area contributed by atoms with Crippen molar-refractivity contribution in [1.82, 2.24) is 0 Å². The highest BCUT2D eigenvalue weighted by atomic mass is 79.9. The predicted octanol–water partition coefficient (Wildman–Crippen LogP) is 2.93. The van der Waals surface area contributed by atoms with E-state index < -0.39 is 17.0 Å². The van der Waals surface area contributed by atoms with Crippen molar-refractivity contribution in [1.29, 1.82) is 0 Å². The molecule has 5 nitrogen and oxygen atoms in total. The van der Waals surface area contributed by atoms with Crippen LogP contribution in [0.4, 0.5) is 0 Å². The van der Waals surface area contributed by atoms with Crippen LogP contribution in [-0.4, -0.2) is 45.6 Å². The van der Waals surface area contributed by atoms with Gasteiger partial charge in [0.15, 0.2) is 5.79 Å². The number of fused-ring (bicyclic) bond motifs is 2. The van der Waals surface area contributed by atoms with Crippen LogP contribution in [0, 0.1) is 5.92 Å². The number of ether oxygens (including phenoxy) is 4. The van der Waals surface area contributed by atoms with E-state index in [0.717, 1.165) is 19.3 Å². The van der Waals surface area contributed by atoms with E-state index in [0.29, 0.717) is 0 Å². The van der Waals surface area contributed by atoms with E-state index in [4.69, 9.17) is 18.9 Å². The quantitative estimate of drug-likeness (QED) is 0.510. The maximum absolute atomic E-state index is 11.6. The van der Waals surface area contributed by atoms with Gasteiger partial charge >= 0.3 is 5.97 Å². The fourth-order valence-corrected chi connectivity index (χ4v) is 5.60. The Kier molecular flexibility index (Phi) is 3.20. The van der Waals surface area contributed by atoms with E-state index >= 15 is 0 Å². The number of halogens is 1. The number of esters is 1. The lowest BCUT2D eigenvalue weighted by atomic mass is 9.65. The van der Waals surface area contributed by atoms with E-state index in [9.17, 15) is 4.79 Å². The molecular weight excluding hydrogens is 364 g/mol. The van der Waals surface area contributed by atoms with Gasteiger partial charge in [0.25, 0.3) is 0 Å². The highest BCUT2D eigenvalue weighted by molar-refractivity contribution is 9.09. The summed E-state index contributed by atoms with van der Waals surface area (Å²) in [6.45, 7) is 9.78. The molecule has 6 heteroatoms. The first kappa shape index (κ1) is 16.3. The summed E-state index contributed by atoms with van der Waals surface area (Å²) in [5.74, 6) is -0.788. The minimum atomic E-state index is -0.770. The second-order valence-corrected chi connectivity index (χ2v) is 9.50. The maximum Gasteiger partial charge on any atom is 0.303 e. The fourth-order valence-electron chi connectivity index (χ4n) is 5.08. The van der Waals surface area contributed by atoms with Crippen molar-refractivity contribution in [2.75, 3.05) is 0 Å². The van der Waals surface area contributed by atoms with Crippen LogP contribution in [0.2, 0.25) is 0 Å². The highest BCUT2D eigenvalue weighted by Gasteiger charge is 2.77. The molecular formula is C17H25BrO5. The first-order valence-corrected chi connectivity index (χ1v) is 9.33. The lowest BCUT2D eigenvalue weighted by Gasteiger charge is -2.59. The Labute approximate surface area is 145 Å². The van der Waals surface area contributed by atoms with Crippen molar-refractivity contribution in [3.63, 3.8) is 0 Å². The van der Waals surface area contributed by atoms with Crippen molar-refractivity contribution in [3.8, 4) is 0 Å². The third-order valence-electron chi connectivity index (χ3n) is 6.51. The van der Waals surface area contributed by atoms with Crippen LogP contribution in [-0.2, 0) is 23.7 Å². The van der Waals surface area contributed by atoms with Crippen LogP contribution in [0.15, 0.2) is 0 Å². The molecule has 4 aliphatic rings. The molecule has 130 valence electrons. The number of hydrogen-bond acceptors (Lipinski definition) is 5. The largest absolute Gasteiger partial charge is 0.459 e. The van der Waals surface area contributed by atoms with Crippen molar-refractivity contribution in [3.05, 3.63) is 0 Å². The maximum atomic E-state index is 11.6. The van der Waals surface area contributed by atoms with E-state index in [1.54, 1.807) is 0 Å². The predicted molar refractivity (Wildman–Crippen MR) is 86.3 cm³/mol. The molecule has 3 heterocycles. The third kappa shape index (κ3) is 1.92. The van der Waals surface area contributed by atoms with Gasteiger partial charge in [0, 0.05) is 18.2 Å². The summed E-state index contributed by atoms with van der Waals surface area (Å²) < 4.78 is 25.2. The molecule has 3 bridgehead atoms. The second-order valence-electron chi connectivity index (χ2n) is 8.40. The standard InChI is InChI=1S/C17H25BrO5/c1-9(19)20-12-6-10-7-13-15(12,4)23-17(21-13)8-11(18)14(2,3)22-16(10,17)5/h10-13H,6-8H2,1-5H3/t10?,11?,12?,13-,15+,16?,17+/m0/s1. The number of rotatable bonds is 1. The van der Waals surface area contributed by atoms with Crippen LogP contribution in [0.3, 0.4) is 0 Å². The summed E-state index contributed by atoms with van der Waals surface area (Å²) in [5.41, 5.74) is -1.44. The zero-order valence-electron chi connectivity index (χ0n) is 14.3. The summed E-state index contributed by atoms with van der Waals surface area (Å²) in [4.78, 5) is 11.7. The first-order chi connectivity index (χ1) is 10.5. The topological polar surface area (TPSA) is 54.0 Å². The average Bonchev–Trinajstić information content (AvgIpc) is 2.64. The van der Waals surface area contributed by atoms with Crippen LogP contribution in [0.5, 0.6) is 0 Å². The summed E-state index contributed by atoms with van der Waals surface area (Å²) in [7, 11) is 0. The molecule has 4 fully saturated rings. The fraction of sp³-hybridized carbons (Fsp3) is 0.941. The van der Waals surface area contributed by atoms with Crippen molar-refractivity contribution < 1.29 is 23.7 Å². The van der Waals surface area contributed by atoms with Crippen LogP contribution >= 0.6 is 15.9 Å². The molecule has 1 spiro atoms. The molecule has 1 aliphatic carbocycles. The van der Waals surface area contributed by atoms with Gasteiger partial charge in [-0.3, -0.25) is 4.79 Å². The van der Waals surface area contributed by atoms with Crippen LogP contribution < -0.4 is 0 Å². The van der Waals surface area contributed by atoms with E-state index in [1.807, 2.05) is 6.92 Å². The van der Waals surface area contributed by atoms with Gasteiger partial charge in [-0.15, -0.1) is 0 Å². The average molecular weight is 389 g/mol. The lowest BCUT2D eigenvalue weighted by Crippen LogP contribution is -2.70. The summed E-state index contributed by atoms with van der Waals surface area (Å²) >= 11 is 3.75. The molecule has 23 heavy (non-hydrogen) atoms. The molecule has 0 N–H and O–H groups in total. The second kappa shape index (κ2) is 4.51. The highest BCUT2D eigenvalue weighted by Crippen LogP contribution is 2.65. The van der Waals surface area contributed by atoms with Crippen molar-refractivity contribution >= 4 is 21.9 Å². The molecule has 4 unspecified atom stereocenters. The number of carbonyl (C=O) groups excluding carboxylic acids is 1. The molecule has 3 saturated heterocycles. The lowest BCUT2D eigenvalue weighted by molar-refractivity contribution is -0.368. The molecule has 0 aromatic rings. The summed E-state index contributed by atoms with van der Waals surface area (Å²) in [6.07, 6.45) is 2.03. The smallest absolute Gasteiger partial charge is 0.303 e. The molecule has 4 rings (SSSR count). The molecule has 0 radical (unpaired) electrons. The first-order valence-electron chi connectivity index (χ1n) is 8.42. The normalized spacial score (nSPS) is 56.3. The minimum Gasteiger partial charge on any atom is -0.459 e. The Bertz CT molecular complexity index is 565. The van der Waals surface area contributed by atoms with Crippen LogP contribution in [0.25, 0.3) is 0 Å².